The number of imidazole rings is 1. The van der Waals surface area contributed by atoms with Crippen LogP contribution in [0.4, 0.5) is 0 Å². The molecular formula is C14H20N4O4S. The third kappa shape index (κ3) is 3.84. The predicted molar refractivity (Wildman–Crippen MR) is 88.1 cm³/mol. The molecule has 0 spiro atoms. The minimum Gasteiger partial charge on any atom is -0.481 e. The van der Waals surface area contributed by atoms with Crippen LogP contribution in [0.3, 0.4) is 0 Å². The second-order valence-corrected chi connectivity index (χ2v) is 6.22. The van der Waals surface area contributed by atoms with Gasteiger partial charge >= 0.3 is 11.7 Å². The second kappa shape index (κ2) is 7.49. The van der Waals surface area contributed by atoms with Gasteiger partial charge in [-0.15, -0.1) is 0 Å². The number of rotatable bonds is 8. The molecule has 0 atom stereocenters. The molecule has 0 amide bonds. The van der Waals surface area contributed by atoms with Crippen LogP contribution in [-0.2, 0) is 18.4 Å². The van der Waals surface area contributed by atoms with Crippen molar-refractivity contribution in [2.45, 2.75) is 44.3 Å². The number of carbonyl (C=O) groups is 1. The molecule has 23 heavy (non-hydrogen) atoms. The first-order valence-corrected chi connectivity index (χ1v) is 8.48. The van der Waals surface area contributed by atoms with Crippen LogP contribution in [0.2, 0.25) is 0 Å². The summed E-state index contributed by atoms with van der Waals surface area (Å²) in [6.45, 7) is 2.68. The van der Waals surface area contributed by atoms with E-state index in [-0.39, 0.29) is 11.4 Å². The number of aromatic amines is 1. The maximum atomic E-state index is 12.2. The minimum atomic E-state index is -0.956. The maximum absolute atomic E-state index is 12.2. The first-order valence-electron chi connectivity index (χ1n) is 7.49. The highest BCUT2D eigenvalue weighted by molar-refractivity contribution is 7.99. The van der Waals surface area contributed by atoms with E-state index in [1.807, 2.05) is 0 Å². The summed E-state index contributed by atoms with van der Waals surface area (Å²) in [5.41, 5.74) is -0.431. The highest BCUT2D eigenvalue weighted by atomic mass is 32.2. The van der Waals surface area contributed by atoms with Crippen LogP contribution in [0.15, 0.2) is 14.7 Å². The Hall–Kier alpha value is -2.03. The van der Waals surface area contributed by atoms with Gasteiger partial charge in [-0.3, -0.25) is 19.1 Å². The zero-order valence-corrected chi connectivity index (χ0v) is 14.0. The first-order chi connectivity index (χ1) is 11.0. The molecule has 0 bridgehead atoms. The molecule has 9 heteroatoms. The van der Waals surface area contributed by atoms with Crippen molar-refractivity contribution in [2.75, 3.05) is 5.75 Å². The molecule has 0 aliphatic carbocycles. The van der Waals surface area contributed by atoms with Crippen molar-refractivity contribution < 1.29 is 9.90 Å². The summed E-state index contributed by atoms with van der Waals surface area (Å²) < 4.78 is 2.99. The van der Waals surface area contributed by atoms with Gasteiger partial charge in [-0.1, -0.05) is 37.9 Å². The molecule has 0 unspecified atom stereocenters. The number of aryl methyl sites for hydroxylation is 2. The number of hydrogen-bond acceptors (Lipinski definition) is 5. The van der Waals surface area contributed by atoms with Crippen LogP contribution in [0, 0.1) is 0 Å². The predicted octanol–water partition coefficient (Wildman–Crippen LogP) is 1.18. The third-order valence-corrected chi connectivity index (χ3v) is 4.49. The van der Waals surface area contributed by atoms with Crippen molar-refractivity contribution in [2.24, 2.45) is 7.05 Å². The lowest BCUT2D eigenvalue weighted by Crippen LogP contribution is -2.29. The van der Waals surface area contributed by atoms with E-state index in [2.05, 4.69) is 16.9 Å². The largest absolute Gasteiger partial charge is 0.481 e. The van der Waals surface area contributed by atoms with Crippen molar-refractivity contribution in [3.63, 3.8) is 0 Å². The Kier molecular flexibility index (Phi) is 5.64. The molecule has 2 rings (SSSR count). The van der Waals surface area contributed by atoms with E-state index < -0.39 is 17.2 Å². The van der Waals surface area contributed by atoms with E-state index in [1.54, 1.807) is 4.57 Å². The Morgan fingerprint density at radius 1 is 1.30 bits per heavy atom. The first kappa shape index (κ1) is 17.3. The topological polar surface area (TPSA) is 110 Å². The monoisotopic (exact) mass is 340 g/mol. The SMILES string of the molecule is CCCCCCn1c(SCC(=O)O)nc2c1c(=O)[nH]c(=O)n2C. The van der Waals surface area contributed by atoms with E-state index in [1.165, 1.54) is 11.6 Å². The molecule has 0 aromatic carbocycles. The third-order valence-electron chi connectivity index (χ3n) is 3.53. The van der Waals surface area contributed by atoms with Crippen molar-refractivity contribution in [1.82, 2.24) is 19.1 Å². The lowest BCUT2D eigenvalue weighted by molar-refractivity contribution is -0.133. The fraction of sp³-hybridized carbons (Fsp3) is 0.571. The molecule has 0 saturated carbocycles. The number of thioether (sulfide) groups is 1. The maximum Gasteiger partial charge on any atom is 0.329 e. The van der Waals surface area contributed by atoms with Crippen LogP contribution < -0.4 is 11.2 Å². The average molecular weight is 340 g/mol. The summed E-state index contributed by atoms with van der Waals surface area (Å²) >= 11 is 1.05. The van der Waals surface area contributed by atoms with Crippen LogP contribution in [0.1, 0.15) is 32.6 Å². The zero-order chi connectivity index (χ0) is 17.0. The van der Waals surface area contributed by atoms with Crippen molar-refractivity contribution >= 4 is 28.9 Å². The summed E-state index contributed by atoms with van der Waals surface area (Å²) in [6.07, 6.45) is 4.07. The van der Waals surface area contributed by atoms with Crippen molar-refractivity contribution in [1.29, 1.82) is 0 Å². The van der Waals surface area contributed by atoms with Crippen molar-refractivity contribution in [3.8, 4) is 0 Å². The van der Waals surface area contributed by atoms with Crippen LogP contribution in [0.25, 0.3) is 11.2 Å². The average Bonchev–Trinajstić information content (AvgIpc) is 2.86. The van der Waals surface area contributed by atoms with Crippen LogP contribution in [0.5, 0.6) is 0 Å². The smallest absolute Gasteiger partial charge is 0.329 e. The Morgan fingerprint density at radius 2 is 2.04 bits per heavy atom. The fourth-order valence-corrected chi connectivity index (χ4v) is 3.10. The molecule has 0 aliphatic heterocycles. The van der Waals surface area contributed by atoms with Gasteiger partial charge in [0.2, 0.25) is 0 Å². The number of H-pyrrole nitrogens is 1. The number of unbranched alkanes of at least 4 members (excludes halogenated alkanes) is 3. The van der Waals surface area contributed by atoms with E-state index >= 15 is 0 Å². The van der Waals surface area contributed by atoms with Gasteiger partial charge in [-0.25, -0.2) is 9.78 Å². The molecule has 2 heterocycles. The number of aromatic nitrogens is 4. The zero-order valence-electron chi connectivity index (χ0n) is 13.2. The van der Waals surface area contributed by atoms with Gasteiger partial charge in [0.05, 0.1) is 5.75 Å². The molecule has 2 N–H and O–H groups in total. The van der Waals surface area contributed by atoms with Gasteiger partial charge in [0.25, 0.3) is 5.56 Å². The van der Waals surface area contributed by atoms with Gasteiger partial charge in [0.1, 0.15) is 0 Å². The summed E-state index contributed by atoms with van der Waals surface area (Å²) in [4.78, 5) is 41.2. The molecule has 0 aliphatic rings. The molecule has 0 fully saturated rings. The van der Waals surface area contributed by atoms with Crippen LogP contribution in [-0.4, -0.2) is 35.9 Å². The number of nitrogens with one attached hydrogen (secondary N) is 1. The molecular weight excluding hydrogens is 320 g/mol. The highest BCUT2D eigenvalue weighted by Crippen LogP contribution is 2.22. The molecule has 2 aromatic heterocycles. The molecule has 126 valence electrons. The molecule has 2 aromatic rings. The number of hydrogen-bond donors (Lipinski definition) is 2. The lowest BCUT2D eigenvalue weighted by atomic mass is 10.2. The van der Waals surface area contributed by atoms with Gasteiger partial charge in [-0.2, -0.15) is 0 Å². The quantitative estimate of drug-likeness (QED) is 0.551. The Morgan fingerprint density at radius 3 is 2.70 bits per heavy atom. The number of aliphatic carboxylic acids is 1. The van der Waals surface area contributed by atoms with Crippen LogP contribution >= 0.6 is 11.8 Å². The Bertz CT molecular complexity index is 821. The normalized spacial score (nSPS) is 11.2. The van der Waals surface area contributed by atoms with Gasteiger partial charge in [0.15, 0.2) is 16.3 Å². The Labute approximate surface area is 136 Å². The Balaban J connectivity index is 2.47. The van der Waals surface area contributed by atoms with Crippen molar-refractivity contribution in [3.05, 3.63) is 20.8 Å². The summed E-state index contributed by atoms with van der Waals surface area (Å²) in [6, 6.07) is 0. The van der Waals surface area contributed by atoms with E-state index in [4.69, 9.17) is 5.11 Å². The molecule has 0 saturated heterocycles. The minimum absolute atomic E-state index is 0.149. The molecule has 8 nitrogen and oxygen atoms in total. The lowest BCUT2D eigenvalue weighted by Gasteiger charge is -2.07. The fourth-order valence-electron chi connectivity index (χ4n) is 2.36. The summed E-state index contributed by atoms with van der Waals surface area (Å²) in [7, 11) is 1.53. The number of nitrogens with zero attached hydrogens (tertiary/aromatic N) is 3. The summed E-state index contributed by atoms with van der Waals surface area (Å²) in [5.74, 6) is -1.10. The van der Waals surface area contributed by atoms with E-state index in [0.717, 1.165) is 37.4 Å². The summed E-state index contributed by atoms with van der Waals surface area (Å²) in [5, 5.41) is 9.31. The highest BCUT2D eigenvalue weighted by Gasteiger charge is 2.18. The van der Waals surface area contributed by atoms with Gasteiger partial charge in [-0.05, 0) is 6.42 Å². The van der Waals surface area contributed by atoms with E-state index in [9.17, 15) is 14.4 Å². The van der Waals surface area contributed by atoms with Gasteiger partial charge < -0.3 is 9.67 Å². The van der Waals surface area contributed by atoms with E-state index in [0.29, 0.717) is 17.2 Å². The number of fused-ring (bicyclic) bond motifs is 1. The standard InChI is InChI=1S/C14H20N4O4S/c1-3-4-5-6-7-18-10-11(15-14(18)23-8-9(19)20)17(2)13(22)16-12(10)21/h3-8H2,1-2H3,(H,19,20)(H,16,21,22). The number of carboxylic acids is 1. The molecule has 0 radical (unpaired) electrons. The second-order valence-electron chi connectivity index (χ2n) is 5.28. The number of carboxylic acid groups (broad SMARTS) is 1. The van der Waals surface area contributed by atoms with Gasteiger partial charge in [0, 0.05) is 13.6 Å².